The molecule has 1 aliphatic rings. The largest absolute Gasteiger partial charge is 0.486 e. The predicted octanol–water partition coefficient (Wildman–Crippen LogP) is 3.75. The van der Waals surface area contributed by atoms with Gasteiger partial charge in [0.2, 0.25) is 0 Å². The molecular weight excluding hydrogens is 278 g/mol. The van der Waals surface area contributed by atoms with Crippen LogP contribution in [0, 0.1) is 0 Å². The Kier molecular flexibility index (Phi) is 3.74. The molecule has 0 spiro atoms. The smallest absolute Gasteiger partial charge is 0.163 e. The Hall–Kier alpha value is -1.81. The van der Waals surface area contributed by atoms with Crippen molar-refractivity contribution in [2.45, 2.75) is 19.4 Å². The number of fused-ring (bicyclic) bond motifs is 1. The molecule has 1 aromatic carbocycles. The molecule has 3 rings (SSSR count). The number of hydrogen-bond donors (Lipinski definition) is 1. The van der Waals surface area contributed by atoms with Crippen molar-refractivity contribution in [2.24, 2.45) is 0 Å². The first kappa shape index (κ1) is 13.2. The monoisotopic (exact) mass is 293 g/mol. The summed E-state index contributed by atoms with van der Waals surface area (Å²) in [6.45, 7) is 3.21. The normalized spacial score (nSPS) is 14.9. The highest BCUT2D eigenvalue weighted by atomic mass is 35.5. The highest BCUT2D eigenvalue weighted by Gasteiger charge is 2.16. The Morgan fingerprint density at radius 2 is 2.00 bits per heavy atom. The summed E-state index contributed by atoms with van der Waals surface area (Å²) < 4.78 is 16.4. The number of anilines is 1. The quantitative estimate of drug-likeness (QED) is 0.932. The molecule has 1 aromatic heterocycles. The van der Waals surface area contributed by atoms with Crippen LogP contribution < -0.4 is 14.8 Å². The third kappa shape index (κ3) is 2.85. The van der Waals surface area contributed by atoms with Crippen molar-refractivity contribution >= 4 is 17.3 Å². The van der Waals surface area contributed by atoms with Crippen LogP contribution in [0.25, 0.3) is 0 Å². The van der Waals surface area contributed by atoms with Crippen molar-refractivity contribution in [3.05, 3.63) is 41.3 Å². The summed E-state index contributed by atoms with van der Waals surface area (Å²) in [6.07, 6.45) is 2.47. The number of hydrogen-bond acceptors (Lipinski definition) is 4. The Morgan fingerprint density at radius 3 is 2.70 bits per heavy atom. The van der Waals surface area contributed by atoms with Gasteiger partial charge in [0.1, 0.15) is 19.0 Å². The van der Waals surface area contributed by atoms with E-state index in [1.807, 2.05) is 18.2 Å². The molecule has 0 radical (unpaired) electrons. The van der Waals surface area contributed by atoms with E-state index in [1.165, 1.54) is 0 Å². The van der Waals surface area contributed by atoms with Crippen LogP contribution in [0.5, 0.6) is 11.5 Å². The second kappa shape index (κ2) is 5.67. The molecule has 4 nitrogen and oxygen atoms in total. The summed E-state index contributed by atoms with van der Waals surface area (Å²) in [5.74, 6) is 2.37. The van der Waals surface area contributed by atoms with Crippen molar-refractivity contribution in [1.29, 1.82) is 0 Å². The topological polar surface area (TPSA) is 43.6 Å². The van der Waals surface area contributed by atoms with Gasteiger partial charge in [0.05, 0.1) is 17.0 Å². The van der Waals surface area contributed by atoms with E-state index in [2.05, 4.69) is 12.2 Å². The van der Waals surface area contributed by atoms with Gasteiger partial charge in [-0.05, 0) is 19.1 Å². The van der Waals surface area contributed by atoms with Crippen LogP contribution in [0.4, 0.5) is 5.69 Å². The SMILES string of the molecule is CC(Cc1ccco1)Nc1cc2c(cc1Cl)OCCO2. The van der Waals surface area contributed by atoms with Gasteiger partial charge in [0, 0.05) is 24.6 Å². The maximum absolute atomic E-state index is 6.27. The van der Waals surface area contributed by atoms with Crippen molar-refractivity contribution in [1.82, 2.24) is 0 Å². The summed E-state index contributed by atoms with van der Waals surface area (Å²) in [7, 11) is 0. The minimum absolute atomic E-state index is 0.196. The molecule has 0 saturated carbocycles. The van der Waals surface area contributed by atoms with E-state index >= 15 is 0 Å². The number of furan rings is 1. The van der Waals surface area contributed by atoms with Crippen LogP contribution in [-0.2, 0) is 6.42 Å². The van der Waals surface area contributed by atoms with E-state index in [9.17, 15) is 0 Å². The number of benzene rings is 1. The average Bonchev–Trinajstić information content (AvgIpc) is 2.92. The Bertz CT molecular complexity index is 583. The van der Waals surface area contributed by atoms with E-state index in [0.717, 1.165) is 23.6 Å². The molecule has 0 fully saturated rings. The highest BCUT2D eigenvalue weighted by Crippen LogP contribution is 2.38. The molecule has 0 aliphatic carbocycles. The number of ether oxygens (including phenoxy) is 2. The van der Waals surface area contributed by atoms with Gasteiger partial charge in [0.15, 0.2) is 11.5 Å². The van der Waals surface area contributed by atoms with E-state index in [-0.39, 0.29) is 6.04 Å². The summed E-state index contributed by atoms with van der Waals surface area (Å²) in [5.41, 5.74) is 0.843. The van der Waals surface area contributed by atoms with Crippen molar-refractivity contribution in [3.63, 3.8) is 0 Å². The standard InChI is InChI=1S/C15H16ClNO3/c1-10(7-11-3-2-4-18-11)17-13-9-15-14(8-12(13)16)19-5-6-20-15/h2-4,8-10,17H,5-7H2,1H3. The number of halogens is 1. The van der Waals surface area contributed by atoms with E-state index in [1.54, 1.807) is 12.3 Å². The summed E-state index contributed by atoms with van der Waals surface area (Å²) >= 11 is 6.27. The van der Waals surface area contributed by atoms with E-state index in [0.29, 0.717) is 24.0 Å². The van der Waals surface area contributed by atoms with Gasteiger partial charge in [-0.3, -0.25) is 0 Å². The summed E-state index contributed by atoms with van der Waals surface area (Å²) in [4.78, 5) is 0. The van der Waals surface area contributed by atoms with Gasteiger partial charge in [-0.1, -0.05) is 11.6 Å². The fraction of sp³-hybridized carbons (Fsp3) is 0.333. The lowest BCUT2D eigenvalue weighted by Gasteiger charge is -2.21. The van der Waals surface area contributed by atoms with Crippen LogP contribution in [-0.4, -0.2) is 19.3 Å². The predicted molar refractivity (Wildman–Crippen MR) is 77.9 cm³/mol. The Morgan fingerprint density at radius 1 is 1.25 bits per heavy atom. The molecule has 106 valence electrons. The fourth-order valence-corrected chi connectivity index (χ4v) is 2.43. The zero-order valence-corrected chi connectivity index (χ0v) is 11.9. The molecule has 1 aliphatic heterocycles. The molecule has 0 amide bonds. The minimum Gasteiger partial charge on any atom is -0.486 e. The summed E-state index contributed by atoms with van der Waals surface area (Å²) in [6, 6.07) is 7.72. The van der Waals surface area contributed by atoms with Crippen molar-refractivity contribution in [3.8, 4) is 11.5 Å². The molecule has 5 heteroatoms. The number of nitrogens with one attached hydrogen (secondary N) is 1. The molecule has 2 heterocycles. The van der Waals surface area contributed by atoms with E-state index < -0.39 is 0 Å². The lowest BCUT2D eigenvalue weighted by Crippen LogP contribution is -2.19. The fourth-order valence-electron chi connectivity index (χ4n) is 2.22. The lowest BCUT2D eigenvalue weighted by molar-refractivity contribution is 0.171. The van der Waals surface area contributed by atoms with Gasteiger partial charge in [0.25, 0.3) is 0 Å². The van der Waals surface area contributed by atoms with Crippen LogP contribution in [0.3, 0.4) is 0 Å². The van der Waals surface area contributed by atoms with Gasteiger partial charge in [-0.15, -0.1) is 0 Å². The molecular formula is C15H16ClNO3. The minimum atomic E-state index is 0.196. The zero-order chi connectivity index (χ0) is 13.9. The first-order chi connectivity index (χ1) is 9.72. The first-order valence-corrected chi connectivity index (χ1v) is 6.98. The molecule has 1 unspecified atom stereocenters. The van der Waals surface area contributed by atoms with Gasteiger partial charge in [-0.2, -0.15) is 0 Å². The molecule has 1 atom stereocenters. The number of rotatable bonds is 4. The van der Waals surface area contributed by atoms with Crippen molar-refractivity contribution < 1.29 is 13.9 Å². The molecule has 20 heavy (non-hydrogen) atoms. The molecule has 0 saturated heterocycles. The third-order valence-corrected chi connectivity index (χ3v) is 3.43. The van der Waals surface area contributed by atoms with Crippen LogP contribution >= 0.6 is 11.6 Å². The van der Waals surface area contributed by atoms with Gasteiger partial charge >= 0.3 is 0 Å². The molecule has 1 N–H and O–H groups in total. The van der Waals surface area contributed by atoms with Gasteiger partial charge < -0.3 is 19.2 Å². The van der Waals surface area contributed by atoms with Crippen LogP contribution in [0.2, 0.25) is 5.02 Å². The average molecular weight is 294 g/mol. The Balaban J connectivity index is 1.73. The van der Waals surface area contributed by atoms with Crippen LogP contribution in [0.15, 0.2) is 34.9 Å². The Labute approximate surface area is 122 Å². The third-order valence-electron chi connectivity index (χ3n) is 3.12. The second-order valence-corrected chi connectivity index (χ2v) is 5.21. The highest BCUT2D eigenvalue weighted by molar-refractivity contribution is 6.33. The first-order valence-electron chi connectivity index (χ1n) is 6.60. The molecule has 0 bridgehead atoms. The molecule has 2 aromatic rings. The maximum Gasteiger partial charge on any atom is 0.163 e. The van der Waals surface area contributed by atoms with Crippen LogP contribution in [0.1, 0.15) is 12.7 Å². The zero-order valence-electron chi connectivity index (χ0n) is 11.2. The second-order valence-electron chi connectivity index (χ2n) is 4.80. The maximum atomic E-state index is 6.27. The summed E-state index contributed by atoms with van der Waals surface area (Å²) in [5, 5.41) is 4.00. The lowest BCUT2D eigenvalue weighted by atomic mass is 10.1. The van der Waals surface area contributed by atoms with Crippen molar-refractivity contribution in [2.75, 3.05) is 18.5 Å². The van der Waals surface area contributed by atoms with E-state index in [4.69, 9.17) is 25.5 Å². The van der Waals surface area contributed by atoms with Gasteiger partial charge in [-0.25, -0.2) is 0 Å².